The Balaban J connectivity index is 2.17. The van der Waals surface area contributed by atoms with Crippen LogP contribution < -0.4 is 4.31 Å². The zero-order valence-corrected chi connectivity index (χ0v) is 12.3. The molecule has 1 aromatic heterocycles. The summed E-state index contributed by atoms with van der Waals surface area (Å²) in [5, 5.41) is 1.62. The molecule has 5 heteroatoms. The van der Waals surface area contributed by atoms with Crippen molar-refractivity contribution < 1.29 is 8.42 Å². The third-order valence-electron chi connectivity index (χ3n) is 3.40. The van der Waals surface area contributed by atoms with Gasteiger partial charge in [-0.25, -0.2) is 8.42 Å². The summed E-state index contributed by atoms with van der Waals surface area (Å²) in [5.41, 5.74) is 0.533. The third kappa shape index (κ3) is 2.36. The Morgan fingerprint density at radius 2 is 1.71 bits per heavy atom. The topological polar surface area (TPSA) is 50.3 Å². The van der Waals surface area contributed by atoms with E-state index in [-0.39, 0.29) is 0 Å². The maximum absolute atomic E-state index is 12.8. The molecular weight excluding hydrogens is 284 g/mol. The Labute approximate surface area is 123 Å². The van der Waals surface area contributed by atoms with E-state index in [1.165, 1.54) is 17.5 Å². The van der Waals surface area contributed by atoms with Crippen LogP contribution in [-0.2, 0) is 10.0 Å². The van der Waals surface area contributed by atoms with Gasteiger partial charge in [0.2, 0.25) is 0 Å². The van der Waals surface area contributed by atoms with Crippen LogP contribution in [0, 0.1) is 0 Å². The fraction of sp³-hybridized carbons (Fsp3) is 0.0625. The van der Waals surface area contributed by atoms with Crippen molar-refractivity contribution in [3.8, 4) is 0 Å². The predicted octanol–water partition coefficient (Wildman–Crippen LogP) is 3.06. The molecule has 0 aliphatic carbocycles. The first-order valence-corrected chi connectivity index (χ1v) is 7.91. The zero-order valence-electron chi connectivity index (χ0n) is 11.5. The molecule has 0 radical (unpaired) electrons. The maximum atomic E-state index is 12.8. The summed E-state index contributed by atoms with van der Waals surface area (Å²) in [6.45, 7) is 0. The number of rotatable bonds is 3. The van der Waals surface area contributed by atoms with Gasteiger partial charge in [0.25, 0.3) is 10.0 Å². The van der Waals surface area contributed by atoms with Crippen molar-refractivity contribution in [3.05, 3.63) is 67.0 Å². The van der Waals surface area contributed by atoms with Crippen LogP contribution >= 0.6 is 0 Å². The quantitative estimate of drug-likeness (QED) is 0.746. The molecule has 0 aliphatic heterocycles. The van der Waals surface area contributed by atoms with Crippen LogP contribution in [0.4, 0.5) is 5.69 Å². The first-order valence-electron chi connectivity index (χ1n) is 6.47. The van der Waals surface area contributed by atoms with Crippen molar-refractivity contribution in [2.45, 2.75) is 4.90 Å². The van der Waals surface area contributed by atoms with Gasteiger partial charge in [0, 0.05) is 18.6 Å². The number of sulfonamides is 1. The van der Waals surface area contributed by atoms with Crippen molar-refractivity contribution in [2.24, 2.45) is 0 Å². The Kier molecular flexibility index (Phi) is 3.35. The van der Waals surface area contributed by atoms with Crippen molar-refractivity contribution >= 4 is 26.5 Å². The van der Waals surface area contributed by atoms with Crippen LogP contribution in [0.3, 0.4) is 0 Å². The summed E-state index contributed by atoms with van der Waals surface area (Å²) in [7, 11) is -2.09. The highest BCUT2D eigenvalue weighted by Crippen LogP contribution is 2.27. The second-order valence-corrected chi connectivity index (χ2v) is 6.60. The van der Waals surface area contributed by atoms with Crippen LogP contribution in [-0.4, -0.2) is 20.4 Å². The number of nitrogens with zero attached hydrogens (tertiary/aromatic N) is 2. The number of hydrogen-bond acceptors (Lipinski definition) is 3. The van der Waals surface area contributed by atoms with Crippen molar-refractivity contribution in [1.82, 2.24) is 4.98 Å². The number of anilines is 1. The molecule has 0 unspecified atom stereocenters. The van der Waals surface area contributed by atoms with Gasteiger partial charge in [0.05, 0.1) is 16.8 Å². The van der Waals surface area contributed by atoms with Gasteiger partial charge < -0.3 is 0 Å². The molecule has 106 valence electrons. The predicted molar refractivity (Wildman–Crippen MR) is 83.8 cm³/mol. The SMILES string of the molecule is CN(c1cccnc1)S(=O)(=O)c1cccc2ccccc12. The van der Waals surface area contributed by atoms with Crippen molar-refractivity contribution in [2.75, 3.05) is 11.4 Å². The highest BCUT2D eigenvalue weighted by atomic mass is 32.2. The minimum Gasteiger partial charge on any atom is -0.268 e. The molecule has 0 saturated heterocycles. The van der Waals surface area contributed by atoms with Crippen LogP contribution in [0.25, 0.3) is 10.8 Å². The number of pyridine rings is 1. The first kappa shape index (κ1) is 13.6. The largest absolute Gasteiger partial charge is 0.268 e. The Hall–Kier alpha value is -2.40. The molecule has 4 nitrogen and oxygen atoms in total. The van der Waals surface area contributed by atoms with E-state index in [4.69, 9.17) is 0 Å². The van der Waals surface area contributed by atoms with Crippen molar-refractivity contribution in [1.29, 1.82) is 0 Å². The second-order valence-electron chi connectivity index (χ2n) is 4.66. The van der Waals surface area contributed by atoms with Crippen LogP contribution in [0.15, 0.2) is 71.9 Å². The molecule has 0 bridgehead atoms. The van der Waals surface area contributed by atoms with E-state index in [9.17, 15) is 8.42 Å². The molecule has 0 spiro atoms. The molecule has 0 amide bonds. The van der Waals surface area contributed by atoms with E-state index in [0.29, 0.717) is 10.6 Å². The normalized spacial score (nSPS) is 11.5. The van der Waals surface area contributed by atoms with E-state index in [1.807, 2.05) is 30.3 Å². The molecule has 1 heterocycles. The van der Waals surface area contributed by atoms with Gasteiger partial charge in [-0.1, -0.05) is 36.4 Å². The third-order valence-corrected chi connectivity index (χ3v) is 5.24. The lowest BCUT2D eigenvalue weighted by Crippen LogP contribution is -2.26. The summed E-state index contributed by atoms with van der Waals surface area (Å²) in [4.78, 5) is 4.27. The van der Waals surface area contributed by atoms with Gasteiger partial charge in [0.1, 0.15) is 0 Å². The monoisotopic (exact) mass is 298 g/mol. The lowest BCUT2D eigenvalue weighted by molar-refractivity contribution is 0.595. The van der Waals surface area contributed by atoms with Gasteiger partial charge >= 0.3 is 0 Å². The molecule has 0 N–H and O–H groups in total. The van der Waals surface area contributed by atoms with Gasteiger partial charge in [-0.3, -0.25) is 9.29 Å². The minimum absolute atomic E-state index is 0.298. The summed E-state index contributed by atoms with van der Waals surface area (Å²) in [6.07, 6.45) is 3.14. The molecule has 0 saturated carbocycles. The first-order chi connectivity index (χ1) is 10.1. The van der Waals surface area contributed by atoms with Gasteiger partial charge in [-0.2, -0.15) is 0 Å². The number of hydrogen-bond donors (Lipinski definition) is 0. The van der Waals surface area contributed by atoms with Crippen LogP contribution in [0.1, 0.15) is 0 Å². The van der Waals surface area contributed by atoms with Crippen molar-refractivity contribution in [3.63, 3.8) is 0 Å². The molecule has 2 aromatic carbocycles. The summed E-state index contributed by atoms with van der Waals surface area (Å²) < 4.78 is 26.9. The highest BCUT2D eigenvalue weighted by Gasteiger charge is 2.23. The number of aromatic nitrogens is 1. The maximum Gasteiger partial charge on any atom is 0.264 e. The molecule has 21 heavy (non-hydrogen) atoms. The average Bonchev–Trinajstić information content (AvgIpc) is 2.54. The van der Waals surface area contributed by atoms with E-state index in [0.717, 1.165) is 10.8 Å². The standard InChI is InChI=1S/C16H14N2O2S/c1-18(14-8-5-11-17-12-14)21(19,20)16-10-4-7-13-6-2-3-9-15(13)16/h2-12H,1H3. The Morgan fingerprint density at radius 3 is 2.48 bits per heavy atom. The van der Waals surface area contributed by atoms with Gasteiger partial charge in [-0.15, -0.1) is 0 Å². The molecule has 3 aromatic rings. The van der Waals surface area contributed by atoms with Gasteiger partial charge in [-0.05, 0) is 23.6 Å². The molecule has 0 atom stereocenters. The second kappa shape index (κ2) is 5.18. The lowest BCUT2D eigenvalue weighted by atomic mass is 10.1. The van der Waals surface area contributed by atoms with E-state index < -0.39 is 10.0 Å². The summed E-state index contributed by atoms with van der Waals surface area (Å²) >= 11 is 0. The van der Waals surface area contributed by atoms with E-state index in [2.05, 4.69) is 4.98 Å². The van der Waals surface area contributed by atoms with Crippen LogP contribution in [0.5, 0.6) is 0 Å². The van der Waals surface area contributed by atoms with E-state index in [1.54, 1.807) is 30.5 Å². The summed E-state index contributed by atoms with van der Waals surface area (Å²) in [6, 6.07) is 16.2. The van der Waals surface area contributed by atoms with E-state index >= 15 is 0 Å². The molecule has 0 aliphatic rings. The lowest BCUT2D eigenvalue weighted by Gasteiger charge is -2.20. The molecular formula is C16H14N2O2S. The van der Waals surface area contributed by atoms with Gasteiger partial charge in [0.15, 0.2) is 0 Å². The van der Waals surface area contributed by atoms with Crippen LogP contribution in [0.2, 0.25) is 0 Å². The highest BCUT2D eigenvalue weighted by molar-refractivity contribution is 7.93. The zero-order chi connectivity index (χ0) is 14.9. The Morgan fingerprint density at radius 1 is 0.952 bits per heavy atom. The number of fused-ring (bicyclic) bond motifs is 1. The molecule has 3 rings (SSSR count). The minimum atomic E-state index is -3.63. The Bertz CT molecular complexity index is 872. The number of benzene rings is 2. The fourth-order valence-electron chi connectivity index (χ4n) is 2.25. The smallest absolute Gasteiger partial charge is 0.264 e. The summed E-state index contributed by atoms with van der Waals surface area (Å²) in [5.74, 6) is 0. The average molecular weight is 298 g/mol. The molecule has 0 fully saturated rings. The fourth-order valence-corrected chi connectivity index (χ4v) is 3.64.